The molecule has 1 aromatic heterocycles. The molecular weight excluding hydrogens is 168 g/mol. The van der Waals surface area contributed by atoms with Crippen molar-refractivity contribution in [2.75, 3.05) is 6.54 Å². The largest absolute Gasteiger partial charge is 0.286 e. The zero-order chi connectivity index (χ0) is 9.52. The molecule has 0 aliphatic heterocycles. The summed E-state index contributed by atoms with van der Waals surface area (Å²) in [6, 6.07) is 0. The van der Waals surface area contributed by atoms with Crippen LogP contribution in [0.4, 0.5) is 0 Å². The van der Waals surface area contributed by atoms with Crippen molar-refractivity contribution < 1.29 is 4.79 Å². The molecule has 0 fully saturated rings. The molecule has 0 atom stereocenters. The molecule has 0 bridgehead atoms. The maximum Gasteiger partial charge on any atom is 0.285 e. The topological polar surface area (TPSA) is 66.9 Å². The monoisotopic (exact) mass is 180 g/mol. The second kappa shape index (κ2) is 5.21. The number of hydrazine groups is 1. The van der Waals surface area contributed by atoms with Gasteiger partial charge in [-0.2, -0.15) is 0 Å². The summed E-state index contributed by atoms with van der Waals surface area (Å²) in [5, 5.41) is 0. The molecular formula is C8H12N4O. The lowest BCUT2D eigenvalue weighted by atomic mass is 10.4. The van der Waals surface area contributed by atoms with Crippen LogP contribution in [0.15, 0.2) is 18.6 Å². The molecule has 1 amide bonds. The maximum atomic E-state index is 11.2. The molecule has 0 unspecified atom stereocenters. The minimum atomic E-state index is -0.262. The van der Waals surface area contributed by atoms with Crippen molar-refractivity contribution in [1.29, 1.82) is 0 Å². The van der Waals surface area contributed by atoms with Gasteiger partial charge in [0.25, 0.3) is 5.91 Å². The summed E-state index contributed by atoms with van der Waals surface area (Å²) >= 11 is 0. The van der Waals surface area contributed by atoms with Gasteiger partial charge in [0.15, 0.2) is 0 Å². The Morgan fingerprint density at radius 3 is 3.00 bits per heavy atom. The molecule has 5 heteroatoms. The Morgan fingerprint density at radius 1 is 1.54 bits per heavy atom. The van der Waals surface area contributed by atoms with Crippen LogP contribution in [-0.4, -0.2) is 22.4 Å². The highest BCUT2D eigenvalue weighted by atomic mass is 16.2. The summed E-state index contributed by atoms with van der Waals surface area (Å²) in [4.78, 5) is 18.9. The van der Waals surface area contributed by atoms with Gasteiger partial charge in [0.05, 0.1) is 6.20 Å². The molecule has 0 saturated heterocycles. The van der Waals surface area contributed by atoms with Gasteiger partial charge in [0.1, 0.15) is 5.69 Å². The molecule has 0 aliphatic rings. The molecule has 2 N–H and O–H groups in total. The molecule has 0 saturated carbocycles. The summed E-state index contributed by atoms with van der Waals surface area (Å²) in [6.07, 6.45) is 5.38. The maximum absolute atomic E-state index is 11.2. The number of rotatable bonds is 4. The Morgan fingerprint density at radius 2 is 2.38 bits per heavy atom. The molecule has 5 nitrogen and oxygen atoms in total. The van der Waals surface area contributed by atoms with E-state index in [4.69, 9.17) is 0 Å². The van der Waals surface area contributed by atoms with Crippen LogP contribution in [0.3, 0.4) is 0 Å². The average molecular weight is 180 g/mol. The lowest BCUT2D eigenvalue weighted by Gasteiger charge is -2.03. The Bertz CT molecular complexity index is 262. The first-order valence-corrected chi connectivity index (χ1v) is 4.13. The van der Waals surface area contributed by atoms with Crippen molar-refractivity contribution in [3.63, 3.8) is 0 Å². The van der Waals surface area contributed by atoms with Crippen LogP contribution in [0.5, 0.6) is 0 Å². The van der Waals surface area contributed by atoms with E-state index in [-0.39, 0.29) is 5.91 Å². The first-order chi connectivity index (χ1) is 6.34. The van der Waals surface area contributed by atoms with Crippen LogP contribution in [0.2, 0.25) is 0 Å². The van der Waals surface area contributed by atoms with Crippen molar-refractivity contribution in [3.8, 4) is 0 Å². The Kier molecular flexibility index (Phi) is 3.84. The Labute approximate surface area is 76.6 Å². The van der Waals surface area contributed by atoms with E-state index < -0.39 is 0 Å². The highest BCUT2D eigenvalue weighted by Crippen LogP contribution is 1.87. The summed E-state index contributed by atoms with van der Waals surface area (Å²) in [7, 11) is 0. The van der Waals surface area contributed by atoms with Crippen LogP contribution in [0.1, 0.15) is 23.8 Å². The predicted molar refractivity (Wildman–Crippen MR) is 47.8 cm³/mol. The SMILES string of the molecule is CCCNNC(=O)c1cnccn1. The van der Waals surface area contributed by atoms with Gasteiger partial charge < -0.3 is 0 Å². The van der Waals surface area contributed by atoms with Gasteiger partial charge >= 0.3 is 0 Å². The van der Waals surface area contributed by atoms with E-state index in [0.717, 1.165) is 13.0 Å². The van der Waals surface area contributed by atoms with Gasteiger partial charge in [0.2, 0.25) is 0 Å². The second-order valence-electron chi connectivity index (χ2n) is 2.47. The first kappa shape index (κ1) is 9.60. The quantitative estimate of drug-likeness (QED) is 0.510. The Hall–Kier alpha value is -1.49. The lowest BCUT2D eigenvalue weighted by Crippen LogP contribution is -2.38. The van der Waals surface area contributed by atoms with E-state index in [9.17, 15) is 4.79 Å². The highest BCUT2D eigenvalue weighted by molar-refractivity contribution is 5.91. The number of carbonyl (C=O) groups excluding carboxylic acids is 1. The summed E-state index contributed by atoms with van der Waals surface area (Å²) in [6.45, 7) is 2.76. The molecule has 0 radical (unpaired) electrons. The molecule has 1 rings (SSSR count). The summed E-state index contributed by atoms with van der Waals surface area (Å²) < 4.78 is 0. The van der Waals surface area contributed by atoms with Gasteiger partial charge in [0, 0.05) is 18.9 Å². The summed E-state index contributed by atoms with van der Waals surface area (Å²) in [5.41, 5.74) is 5.59. The fourth-order valence-corrected chi connectivity index (χ4v) is 0.748. The van der Waals surface area contributed by atoms with Crippen molar-refractivity contribution in [1.82, 2.24) is 20.8 Å². The fourth-order valence-electron chi connectivity index (χ4n) is 0.748. The summed E-state index contributed by atoms with van der Waals surface area (Å²) in [5.74, 6) is -0.262. The number of nitrogens with one attached hydrogen (secondary N) is 2. The fraction of sp³-hybridized carbons (Fsp3) is 0.375. The van der Waals surface area contributed by atoms with Crippen LogP contribution < -0.4 is 10.9 Å². The number of carbonyl (C=O) groups is 1. The Balaban J connectivity index is 2.40. The third kappa shape index (κ3) is 3.16. The van der Waals surface area contributed by atoms with E-state index in [0.29, 0.717) is 5.69 Å². The second-order valence-corrected chi connectivity index (χ2v) is 2.47. The number of aromatic nitrogens is 2. The third-order valence-corrected chi connectivity index (χ3v) is 1.37. The molecule has 1 heterocycles. The third-order valence-electron chi connectivity index (χ3n) is 1.37. The van der Waals surface area contributed by atoms with Gasteiger partial charge in [-0.1, -0.05) is 6.92 Å². The van der Waals surface area contributed by atoms with Gasteiger partial charge in [-0.25, -0.2) is 10.4 Å². The van der Waals surface area contributed by atoms with Crippen LogP contribution >= 0.6 is 0 Å². The van der Waals surface area contributed by atoms with E-state index in [1.165, 1.54) is 18.6 Å². The van der Waals surface area contributed by atoms with Crippen molar-refractivity contribution in [3.05, 3.63) is 24.3 Å². The van der Waals surface area contributed by atoms with Crippen LogP contribution in [-0.2, 0) is 0 Å². The molecule has 13 heavy (non-hydrogen) atoms. The standard InChI is InChI=1S/C8H12N4O/c1-2-3-11-12-8(13)7-6-9-4-5-10-7/h4-6,11H,2-3H2,1H3,(H,12,13). The zero-order valence-corrected chi connectivity index (χ0v) is 7.45. The average Bonchev–Trinajstić information content (AvgIpc) is 2.19. The normalized spacial score (nSPS) is 9.62. The smallest absolute Gasteiger partial charge is 0.285 e. The molecule has 70 valence electrons. The number of amides is 1. The molecule has 0 aromatic carbocycles. The molecule has 0 spiro atoms. The number of nitrogens with zero attached hydrogens (tertiary/aromatic N) is 2. The van der Waals surface area contributed by atoms with E-state index in [1.54, 1.807) is 0 Å². The first-order valence-electron chi connectivity index (χ1n) is 4.13. The van der Waals surface area contributed by atoms with Crippen molar-refractivity contribution in [2.24, 2.45) is 0 Å². The minimum Gasteiger partial charge on any atom is -0.286 e. The predicted octanol–water partition coefficient (Wildman–Crippen LogP) is 0.121. The lowest BCUT2D eigenvalue weighted by molar-refractivity contribution is 0.0928. The van der Waals surface area contributed by atoms with Gasteiger partial charge in [-0.05, 0) is 6.42 Å². The van der Waals surface area contributed by atoms with Crippen molar-refractivity contribution >= 4 is 5.91 Å². The van der Waals surface area contributed by atoms with Crippen LogP contribution in [0.25, 0.3) is 0 Å². The number of hydrogen-bond donors (Lipinski definition) is 2. The molecule has 0 aliphatic carbocycles. The van der Waals surface area contributed by atoms with E-state index in [1.807, 2.05) is 6.92 Å². The zero-order valence-electron chi connectivity index (χ0n) is 7.45. The minimum absolute atomic E-state index is 0.262. The van der Waals surface area contributed by atoms with Gasteiger partial charge in [-0.3, -0.25) is 15.2 Å². The highest BCUT2D eigenvalue weighted by Gasteiger charge is 2.04. The van der Waals surface area contributed by atoms with E-state index >= 15 is 0 Å². The number of hydrogen-bond acceptors (Lipinski definition) is 4. The van der Waals surface area contributed by atoms with Crippen LogP contribution in [0, 0.1) is 0 Å². The molecule has 1 aromatic rings. The van der Waals surface area contributed by atoms with Crippen molar-refractivity contribution in [2.45, 2.75) is 13.3 Å². The van der Waals surface area contributed by atoms with Gasteiger partial charge in [-0.15, -0.1) is 0 Å². The van der Waals surface area contributed by atoms with E-state index in [2.05, 4.69) is 20.8 Å².